The van der Waals surface area contributed by atoms with Crippen molar-refractivity contribution in [2.24, 2.45) is 0 Å². The number of nitrogens with one attached hydrogen (secondary N) is 1. The van der Waals surface area contributed by atoms with Crippen molar-refractivity contribution in [1.82, 2.24) is 5.32 Å². The Morgan fingerprint density at radius 2 is 1.62 bits per heavy atom. The Kier molecular flexibility index (Phi) is 6.38. The maximum absolute atomic E-state index is 12.6. The molecule has 0 aromatic heterocycles. The average Bonchev–Trinajstić information content (AvgIpc) is 2.59. The third kappa shape index (κ3) is 5.91. The topological polar surface area (TPSA) is 66.4 Å². The predicted molar refractivity (Wildman–Crippen MR) is 89.3 cm³/mol. The number of aliphatic carboxylic acids is 1. The minimum Gasteiger partial charge on any atom is -0.481 e. The van der Waals surface area contributed by atoms with Crippen LogP contribution in [0.15, 0.2) is 54.6 Å². The normalized spacial score (nSPS) is 12.4. The number of amides is 1. The molecule has 2 aromatic carbocycles. The van der Waals surface area contributed by atoms with Crippen LogP contribution in [0.4, 0.5) is 13.2 Å². The molecule has 0 radical (unpaired) electrons. The molecule has 0 heterocycles. The molecule has 0 saturated heterocycles. The van der Waals surface area contributed by atoms with Crippen molar-refractivity contribution >= 4 is 11.9 Å². The lowest BCUT2D eigenvalue weighted by Gasteiger charge is -2.18. The van der Waals surface area contributed by atoms with Gasteiger partial charge >= 0.3 is 12.1 Å². The van der Waals surface area contributed by atoms with Gasteiger partial charge in [0, 0.05) is 6.42 Å². The van der Waals surface area contributed by atoms with Crippen LogP contribution in [0.3, 0.4) is 0 Å². The molecule has 2 N–H and O–H groups in total. The summed E-state index contributed by atoms with van der Waals surface area (Å²) in [6.45, 7) is 0. The highest BCUT2D eigenvalue weighted by Crippen LogP contribution is 2.29. The van der Waals surface area contributed by atoms with Crippen LogP contribution in [-0.2, 0) is 22.2 Å². The van der Waals surface area contributed by atoms with Gasteiger partial charge < -0.3 is 10.4 Å². The van der Waals surface area contributed by atoms with Gasteiger partial charge in [-0.15, -0.1) is 0 Å². The van der Waals surface area contributed by atoms with Crippen LogP contribution in [0.5, 0.6) is 0 Å². The first-order valence-electron chi connectivity index (χ1n) is 7.98. The highest BCUT2D eigenvalue weighted by atomic mass is 19.4. The van der Waals surface area contributed by atoms with Gasteiger partial charge in [-0.05, 0) is 29.7 Å². The SMILES string of the molecule is O=C(O)CCC(NC(=O)Cc1ccc(C(F)(F)F)cc1)c1ccccc1. The summed E-state index contributed by atoms with van der Waals surface area (Å²) in [5, 5.41) is 11.6. The van der Waals surface area contributed by atoms with E-state index in [0.717, 1.165) is 17.7 Å². The minimum atomic E-state index is -4.42. The first kappa shape index (κ1) is 19.5. The zero-order valence-corrected chi connectivity index (χ0v) is 13.8. The Labute approximate surface area is 148 Å². The van der Waals surface area contributed by atoms with Gasteiger partial charge in [0.1, 0.15) is 0 Å². The fourth-order valence-electron chi connectivity index (χ4n) is 2.52. The number of halogens is 3. The lowest BCUT2D eigenvalue weighted by atomic mass is 10.0. The van der Waals surface area contributed by atoms with Crippen molar-refractivity contribution in [1.29, 1.82) is 0 Å². The summed E-state index contributed by atoms with van der Waals surface area (Å²) in [5.41, 5.74) is 0.445. The van der Waals surface area contributed by atoms with E-state index in [4.69, 9.17) is 5.11 Å². The van der Waals surface area contributed by atoms with Crippen molar-refractivity contribution in [2.75, 3.05) is 0 Å². The molecule has 0 aliphatic rings. The molecule has 2 rings (SSSR count). The van der Waals surface area contributed by atoms with E-state index in [0.29, 0.717) is 5.56 Å². The third-order valence-corrected chi connectivity index (χ3v) is 3.83. The van der Waals surface area contributed by atoms with E-state index in [-0.39, 0.29) is 25.2 Å². The molecule has 1 unspecified atom stereocenters. The van der Waals surface area contributed by atoms with Crippen LogP contribution in [0.25, 0.3) is 0 Å². The number of benzene rings is 2. The summed E-state index contributed by atoms with van der Waals surface area (Å²) in [4.78, 5) is 23.1. The van der Waals surface area contributed by atoms with Crippen LogP contribution in [0.1, 0.15) is 35.6 Å². The molecule has 0 aliphatic carbocycles. The minimum absolute atomic E-state index is 0.0887. The predicted octanol–water partition coefficient (Wildman–Crippen LogP) is 3.97. The van der Waals surface area contributed by atoms with E-state index in [9.17, 15) is 22.8 Å². The Bertz CT molecular complexity index is 743. The van der Waals surface area contributed by atoms with Gasteiger partial charge in [-0.25, -0.2) is 0 Å². The van der Waals surface area contributed by atoms with Crippen LogP contribution < -0.4 is 5.32 Å². The summed E-state index contributed by atoms with van der Waals surface area (Å²) in [7, 11) is 0. The van der Waals surface area contributed by atoms with E-state index in [1.807, 2.05) is 6.07 Å². The second kappa shape index (κ2) is 8.51. The van der Waals surface area contributed by atoms with Crippen molar-refractivity contribution in [3.63, 3.8) is 0 Å². The smallest absolute Gasteiger partial charge is 0.416 e. The number of hydrogen-bond acceptors (Lipinski definition) is 2. The van der Waals surface area contributed by atoms with E-state index < -0.39 is 23.8 Å². The molecule has 0 fully saturated rings. The van der Waals surface area contributed by atoms with Gasteiger partial charge in [-0.3, -0.25) is 9.59 Å². The highest BCUT2D eigenvalue weighted by molar-refractivity contribution is 5.79. The zero-order chi connectivity index (χ0) is 19.2. The first-order valence-corrected chi connectivity index (χ1v) is 7.98. The molecule has 0 bridgehead atoms. The van der Waals surface area contributed by atoms with Gasteiger partial charge in [0.25, 0.3) is 0 Å². The van der Waals surface area contributed by atoms with Crippen molar-refractivity contribution < 1.29 is 27.9 Å². The number of carbonyl (C=O) groups is 2. The first-order chi connectivity index (χ1) is 12.3. The monoisotopic (exact) mass is 365 g/mol. The second-order valence-corrected chi connectivity index (χ2v) is 5.83. The van der Waals surface area contributed by atoms with Crippen molar-refractivity contribution in [2.45, 2.75) is 31.5 Å². The highest BCUT2D eigenvalue weighted by Gasteiger charge is 2.30. The third-order valence-electron chi connectivity index (χ3n) is 3.83. The molecule has 138 valence electrons. The standard InChI is InChI=1S/C19H18F3NO3/c20-19(21,22)15-8-6-13(7-9-15)12-17(24)23-16(10-11-18(25)26)14-4-2-1-3-5-14/h1-9,16H,10-12H2,(H,23,24)(H,25,26). The Morgan fingerprint density at radius 1 is 1.00 bits per heavy atom. The molecule has 0 aliphatic heterocycles. The number of carboxylic acids is 1. The number of rotatable bonds is 7. The largest absolute Gasteiger partial charge is 0.481 e. The van der Waals surface area contributed by atoms with E-state index in [2.05, 4.69) is 5.32 Å². The maximum atomic E-state index is 12.6. The van der Waals surface area contributed by atoms with Crippen LogP contribution in [0, 0.1) is 0 Å². The van der Waals surface area contributed by atoms with E-state index in [1.165, 1.54) is 12.1 Å². The number of carbonyl (C=O) groups excluding carboxylic acids is 1. The zero-order valence-electron chi connectivity index (χ0n) is 13.8. The summed E-state index contributed by atoms with van der Waals surface area (Å²) in [6, 6.07) is 12.8. The van der Waals surface area contributed by atoms with Crippen molar-refractivity contribution in [3.8, 4) is 0 Å². The van der Waals surface area contributed by atoms with Crippen molar-refractivity contribution in [3.05, 3.63) is 71.3 Å². The lowest BCUT2D eigenvalue weighted by Crippen LogP contribution is -2.30. The molecule has 1 amide bonds. The molecule has 0 spiro atoms. The Morgan fingerprint density at radius 3 is 2.15 bits per heavy atom. The van der Waals surface area contributed by atoms with Gasteiger partial charge in [0.05, 0.1) is 18.0 Å². The Hall–Kier alpha value is -2.83. The summed E-state index contributed by atoms with van der Waals surface area (Å²) in [5.74, 6) is -1.35. The van der Waals surface area contributed by atoms with Crippen LogP contribution in [0.2, 0.25) is 0 Å². The van der Waals surface area contributed by atoms with Crippen LogP contribution >= 0.6 is 0 Å². The molecule has 4 nitrogen and oxygen atoms in total. The van der Waals surface area contributed by atoms with Gasteiger partial charge in [-0.2, -0.15) is 13.2 Å². The number of carboxylic acid groups (broad SMARTS) is 1. The summed E-state index contributed by atoms with van der Waals surface area (Å²) >= 11 is 0. The molecule has 7 heteroatoms. The number of hydrogen-bond donors (Lipinski definition) is 2. The Balaban J connectivity index is 2.03. The second-order valence-electron chi connectivity index (χ2n) is 5.83. The quantitative estimate of drug-likeness (QED) is 0.780. The summed E-state index contributed by atoms with van der Waals surface area (Å²) in [6.07, 6.45) is -4.40. The molecular formula is C19H18F3NO3. The van der Waals surface area contributed by atoms with Gasteiger partial charge in [0.15, 0.2) is 0 Å². The van der Waals surface area contributed by atoms with E-state index in [1.54, 1.807) is 24.3 Å². The molecule has 2 aromatic rings. The lowest BCUT2D eigenvalue weighted by molar-refractivity contribution is -0.138. The molecule has 26 heavy (non-hydrogen) atoms. The fourth-order valence-corrected chi connectivity index (χ4v) is 2.52. The molecule has 1 atom stereocenters. The molecule has 0 saturated carbocycles. The average molecular weight is 365 g/mol. The van der Waals surface area contributed by atoms with Gasteiger partial charge in [0.2, 0.25) is 5.91 Å². The fraction of sp³-hybridized carbons (Fsp3) is 0.263. The summed E-state index contributed by atoms with van der Waals surface area (Å²) < 4.78 is 37.7. The maximum Gasteiger partial charge on any atom is 0.416 e. The van der Waals surface area contributed by atoms with E-state index >= 15 is 0 Å². The number of alkyl halides is 3. The van der Waals surface area contributed by atoms with Gasteiger partial charge in [-0.1, -0.05) is 42.5 Å². The molecular weight excluding hydrogens is 347 g/mol. The van der Waals surface area contributed by atoms with Crippen LogP contribution in [-0.4, -0.2) is 17.0 Å².